The molecule has 0 unspecified atom stereocenters. The van der Waals surface area contributed by atoms with Crippen LogP contribution in [0, 0.1) is 15.9 Å². The minimum Gasteiger partial charge on any atom is -0.488 e. The maximum atomic E-state index is 13.4. The molecule has 0 N–H and O–H groups in total. The van der Waals surface area contributed by atoms with Crippen molar-refractivity contribution in [1.29, 1.82) is 0 Å². The molecule has 3 aromatic carbocycles. The van der Waals surface area contributed by atoms with Gasteiger partial charge in [-0.3, -0.25) is 10.1 Å². The average molecular weight is 453 g/mol. The number of halogens is 2. The SMILES string of the molecule is O=C1OC(c2ccc(Cl)c([N+](=O)[O-])c2)=N/C1=C\c1ccccc1OCc1cccc(F)c1. The first-order valence-corrected chi connectivity index (χ1v) is 9.71. The van der Waals surface area contributed by atoms with E-state index in [9.17, 15) is 19.3 Å². The highest BCUT2D eigenvalue weighted by Crippen LogP contribution is 2.29. The maximum absolute atomic E-state index is 13.4. The minimum atomic E-state index is -0.711. The lowest BCUT2D eigenvalue weighted by Crippen LogP contribution is -2.06. The Kier molecular flexibility index (Phi) is 5.96. The van der Waals surface area contributed by atoms with Crippen LogP contribution in [0.25, 0.3) is 6.08 Å². The summed E-state index contributed by atoms with van der Waals surface area (Å²) in [6.07, 6.45) is 1.49. The molecule has 1 heterocycles. The molecular formula is C23H14ClFN2O5. The van der Waals surface area contributed by atoms with Crippen molar-refractivity contribution in [2.45, 2.75) is 6.61 Å². The van der Waals surface area contributed by atoms with E-state index in [4.69, 9.17) is 21.1 Å². The van der Waals surface area contributed by atoms with Gasteiger partial charge in [0.15, 0.2) is 5.70 Å². The van der Waals surface area contributed by atoms with E-state index in [-0.39, 0.29) is 40.3 Å². The number of rotatable bonds is 6. The Morgan fingerprint density at radius 2 is 1.94 bits per heavy atom. The summed E-state index contributed by atoms with van der Waals surface area (Å²) in [5.41, 5.74) is 1.13. The number of esters is 1. The van der Waals surface area contributed by atoms with Crippen LogP contribution in [-0.4, -0.2) is 16.8 Å². The zero-order valence-corrected chi connectivity index (χ0v) is 17.1. The van der Waals surface area contributed by atoms with E-state index in [1.165, 1.54) is 36.4 Å². The number of hydrogen-bond acceptors (Lipinski definition) is 6. The van der Waals surface area contributed by atoms with Crippen molar-refractivity contribution in [1.82, 2.24) is 0 Å². The third-order valence-electron chi connectivity index (χ3n) is 4.50. The predicted molar refractivity (Wildman–Crippen MR) is 116 cm³/mol. The van der Waals surface area contributed by atoms with E-state index in [1.54, 1.807) is 36.4 Å². The number of nitro groups is 1. The first-order chi connectivity index (χ1) is 15.4. The van der Waals surface area contributed by atoms with Crippen molar-refractivity contribution in [3.63, 3.8) is 0 Å². The Hall–Kier alpha value is -4.04. The summed E-state index contributed by atoms with van der Waals surface area (Å²) in [7, 11) is 0. The van der Waals surface area contributed by atoms with Gasteiger partial charge in [0.1, 0.15) is 23.2 Å². The molecule has 3 aromatic rings. The Morgan fingerprint density at radius 1 is 1.12 bits per heavy atom. The zero-order chi connectivity index (χ0) is 22.7. The first-order valence-electron chi connectivity index (χ1n) is 9.34. The van der Waals surface area contributed by atoms with Crippen molar-refractivity contribution in [2.24, 2.45) is 4.99 Å². The molecule has 0 saturated heterocycles. The fourth-order valence-corrected chi connectivity index (χ4v) is 3.17. The summed E-state index contributed by atoms with van der Waals surface area (Å²) in [6, 6.07) is 17.0. The van der Waals surface area contributed by atoms with E-state index in [2.05, 4.69) is 4.99 Å². The fraction of sp³-hybridized carbons (Fsp3) is 0.0435. The number of nitrogens with zero attached hydrogens (tertiary/aromatic N) is 2. The summed E-state index contributed by atoms with van der Waals surface area (Å²) in [5.74, 6) is -0.681. The standard InChI is InChI=1S/C23H14ClFN2O5/c24-18-9-8-16(12-20(18)27(29)30)22-26-19(23(28)32-22)11-15-5-1-2-7-21(15)31-13-14-4-3-6-17(25)10-14/h1-12H,13H2/b19-11-. The number of carbonyl (C=O) groups is 1. The summed E-state index contributed by atoms with van der Waals surface area (Å²) in [4.78, 5) is 27.0. The van der Waals surface area contributed by atoms with Crippen LogP contribution in [0.2, 0.25) is 5.02 Å². The van der Waals surface area contributed by atoms with Crippen LogP contribution in [0.4, 0.5) is 10.1 Å². The number of aliphatic imine (C=N–C) groups is 1. The lowest BCUT2D eigenvalue weighted by molar-refractivity contribution is -0.384. The van der Waals surface area contributed by atoms with Crippen molar-refractivity contribution in [3.05, 3.63) is 110 Å². The maximum Gasteiger partial charge on any atom is 0.363 e. The third kappa shape index (κ3) is 4.65. The van der Waals surface area contributed by atoms with Gasteiger partial charge in [-0.1, -0.05) is 41.9 Å². The normalized spacial score (nSPS) is 14.2. The van der Waals surface area contributed by atoms with Crippen LogP contribution < -0.4 is 4.74 Å². The van der Waals surface area contributed by atoms with Gasteiger partial charge >= 0.3 is 5.97 Å². The monoisotopic (exact) mass is 452 g/mol. The second kappa shape index (κ2) is 8.99. The van der Waals surface area contributed by atoms with Gasteiger partial charge in [0.25, 0.3) is 5.69 Å². The molecule has 0 aromatic heterocycles. The van der Waals surface area contributed by atoms with Crippen LogP contribution in [0.15, 0.2) is 77.4 Å². The van der Waals surface area contributed by atoms with Crippen LogP contribution in [-0.2, 0) is 16.1 Å². The molecular weight excluding hydrogens is 439 g/mol. The van der Waals surface area contributed by atoms with Crippen molar-refractivity contribution in [2.75, 3.05) is 0 Å². The van der Waals surface area contributed by atoms with E-state index < -0.39 is 10.9 Å². The van der Waals surface area contributed by atoms with Crippen molar-refractivity contribution >= 4 is 35.2 Å². The van der Waals surface area contributed by atoms with Crippen LogP contribution in [0.1, 0.15) is 16.7 Å². The molecule has 7 nitrogen and oxygen atoms in total. The van der Waals surface area contributed by atoms with Crippen LogP contribution in [0.3, 0.4) is 0 Å². The Bertz CT molecular complexity index is 1290. The average Bonchev–Trinajstić information content (AvgIpc) is 3.13. The van der Waals surface area contributed by atoms with E-state index in [0.717, 1.165) is 0 Å². The molecule has 0 radical (unpaired) electrons. The topological polar surface area (TPSA) is 91.0 Å². The molecule has 1 aliphatic heterocycles. The van der Waals surface area contributed by atoms with Crippen molar-refractivity contribution < 1.29 is 23.6 Å². The van der Waals surface area contributed by atoms with Gasteiger partial charge in [-0.15, -0.1) is 0 Å². The largest absolute Gasteiger partial charge is 0.488 e. The molecule has 32 heavy (non-hydrogen) atoms. The van der Waals surface area contributed by atoms with Crippen LogP contribution in [0.5, 0.6) is 5.75 Å². The highest BCUT2D eigenvalue weighted by molar-refractivity contribution is 6.32. The van der Waals surface area contributed by atoms with E-state index in [1.807, 2.05) is 0 Å². The van der Waals surface area contributed by atoms with E-state index in [0.29, 0.717) is 16.9 Å². The molecule has 4 rings (SSSR count). The minimum absolute atomic E-state index is 0.000548. The number of cyclic esters (lactones) is 1. The van der Waals surface area contributed by atoms with Crippen molar-refractivity contribution in [3.8, 4) is 5.75 Å². The lowest BCUT2D eigenvalue weighted by Gasteiger charge is -2.09. The van der Waals surface area contributed by atoms with E-state index >= 15 is 0 Å². The molecule has 0 aliphatic carbocycles. The summed E-state index contributed by atoms with van der Waals surface area (Å²) >= 11 is 5.83. The predicted octanol–water partition coefficient (Wildman–Crippen LogP) is 5.31. The number of ether oxygens (including phenoxy) is 2. The Balaban J connectivity index is 1.60. The molecule has 0 spiro atoms. The van der Waals surface area contributed by atoms with Crippen LogP contribution >= 0.6 is 11.6 Å². The molecule has 160 valence electrons. The molecule has 0 amide bonds. The highest BCUT2D eigenvalue weighted by atomic mass is 35.5. The van der Waals surface area contributed by atoms with Gasteiger partial charge in [-0.05, 0) is 42.0 Å². The zero-order valence-electron chi connectivity index (χ0n) is 16.3. The van der Waals surface area contributed by atoms with Gasteiger partial charge in [0, 0.05) is 17.2 Å². The molecule has 0 fully saturated rings. The van der Waals surface area contributed by atoms with Gasteiger partial charge in [-0.2, -0.15) is 0 Å². The third-order valence-corrected chi connectivity index (χ3v) is 4.82. The number of carbonyl (C=O) groups excluding carboxylic acids is 1. The molecule has 1 aliphatic rings. The second-order valence-electron chi connectivity index (χ2n) is 6.72. The number of hydrogen-bond donors (Lipinski definition) is 0. The lowest BCUT2D eigenvalue weighted by atomic mass is 10.1. The Labute approximate surface area is 186 Å². The molecule has 0 atom stereocenters. The smallest absolute Gasteiger partial charge is 0.363 e. The summed E-state index contributed by atoms with van der Waals surface area (Å²) in [5, 5.41) is 11.1. The Morgan fingerprint density at radius 3 is 2.72 bits per heavy atom. The number of benzene rings is 3. The van der Waals surface area contributed by atoms with Gasteiger partial charge in [0.05, 0.1) is 4.92 Å². The van der Waals surface area contributed by atoms with Gasteiger partial charge in [0.2, 0.25) is 5.90 Å². The first kappa shape index (κ1) is 21.2. The molecule has 0 saturated carbocycles. The second-order valence-corrected chi connectivity index (χ2v) is 7.12. The number of para-hydroxylation sites is 1. The highest BCUT2D eigenvalue weighted by Gasteiger charge is 2.26. The number of nitro benzene ring substituents is 1. The summed E-state index contributed by atoms with van der Waals surface area (Å²) in [6.45, 7) is 0.130. The van der Waals surface area contributed by atoms with Gasteiger partial charge in [-0.25, -0.2) is 14.2 Å². The quantitative estimate of drug-likeness (QED) is 0.219. The van der Waals surface area contributed by atoms with Gasteiger partial charge < -0.3 is 9.47 Å². The molecule has 0 bridgehead atoms. The summed E-state index contributed by atoms with van der Waals surface area (Å²) < 4.78 is 24.4. The fourth-order valence-electron chi connectivity index (χ4n) is 2.98. The molecule has 9 heteroatoms.